The molecule has 0 aromatic rings. The minimum absolute atomic E-state index is 0.0723. The molecule has 3 aliphatic rings. The second-order valence-corrected chi connectivity index (χ2v) is 14.7. The molecular weight excluding hydrogens is 344 g/mol. The molecule has 0 aliphatic heterocycles. The maximum atomic E-state index is 13.5. The largest absolute Gasteiger partial charge is 0.465 e. The van der Waals surface area contributed by atoms with Crippen LogP contribution in [-0.2, 0) is 18.8 Å². The number of Topliss-reactive ketones (excluding diaryl/α,β-unsaturated/α-hetero) is 1. The highest BCUT2D eigenvalue weighted by molar-refractivity contribution is 6.74. The summed E-state index contributed by atoms with van der Waals surface area (Å²) in [4.78, 5) is 26.5. The number of carbonyl (C=O) groups is 2. The van der Waals surface area contributed by atoms with Gasteiger partial charge in [-0.3, -0.25) is 9.59 Å². The normalized spacial score (nSPS) is 33.0. The van der Waals surface area contributed by atoms with Gasteiger partial charge in [0.2, 0.25) is 0 Å². The van der Waals surface area contributed by atoms with Crippen molar-refractivity contribution in [3.8, 4) is 0 Å². The van der Waals surface area contributed by atoms with E-state index in [-0.39, 0.29) is 34.2 Å². The molecule has 3 atom stereocenters. The number of allylic oxidation sites excluding steroid dienone is 1. The Labute approximate surface area is 158 Å². The van der Waals surface area contributed by atoms with Gasteiger partial charge in [0.15, 0.2) is 8.32 Å². The van der Waals surface area contributed by atoms with E-state index in [9.17, 15) is 9.59 Å². The zero-order chi connectivity index (χ0) is 19.5. The number of carbonyl (C=O) groups excluding carboxylic acids is 2. The number of fused-ring (bicyclic) bond motifs is 1. The van der Waals surface area contributed by atoms with Crippen molar-refractivity contribution < 1.29 is 18.8 Å². The van der Waals surface area contributed by atoms with E-state index in [0.717, 1.165) is 24.8 Å². The standard InChI is InChI=1S/C21H34O4Si/c1-8-24-18(23)21-10-9-15(25-26(6,7)19(3,4)5)16(21)17(22)20(11-12-20)14(2)13-21/h13,15-16H,8-12H2,1-7H3/t15-,16-,21-/m1/s1. The first-order valence-electron chi connectivity index (χ1n) is 10.0. The predicted octanol–water partition coefficient (Wildman–Crippen LogP) is 4.65. The number of ether oxygens (including phenoxy) is 1. The molecule has 26 heavy (non-hydrogen) atoms. The van der Waals surface area contributed by atoms with E-state index in [1.54, 1.807) is 0 Å². The first-order valence-corrected chi connectivity index (χ1v) is 12.9. The average Bonchev–Trinajstić information content (AvgIpc) is 3.24. The van der Waals surface area contributed by atoms with Gasteiger partial charge in [0.05, 0.1) is 29.5 Å². The van der Waals surface area contributed by atoms with Gasteiger partial charge >= 0.3 is 5.97 Å². The van der Waals surface area contributed by atoms with Crippen molar-refractivity contribution in [2.45, 2.75) is 84.5 Å². The van der Waals surface area contributed by atoms with Crippen molar-refractivity contribution in [2.75, 3.05) is 6.61 Å². The minimum Gasteiger partial charge on any atom is -0.465 e. The van der Waals surface area contributed by atoms with Crippen molar-refractivity contribution in [2.24, 2.45) is 16.7 Å². The van der Waals surface area contributed by atoms with Crippen LogP contribution in [0.15, 0.2) is 11.6 Å². The predicted molar refractivity (Wildman–Crippen MR) is 104 cm³/mol. The Balaban J connectivity index is 2.00. The van der Waals surface area contributed by atoms with Gasteiger partial charge in [-0.1, -0.05) is 32.4 Å². The highest BCUT2D eigenvalue weighted by Gasteiger charge is 2.67. The lowest BCUT2D eigenvalue weighted by atomic mass is 9.64. The van der Waals surface area contributed by atoms with E-state index in [1.807, 2.05) is 13.8 Å². The molecule has 0 amide bonds. The molecule has 4 nitrogen and oxygen atoms in total. The zero-order valence-corrected chi connectivity index (χ0v) is 18.4. The topological polar surface area (TPSA) is 52.6 Å². The molecule has 2 saturated carbocycles. The Hall–Kier alpha value is -0.943. The van der Waals surface area contributed by atoms with Gasteiger partial charge in [0.1, 0.15) is 5.78 Å². The number of hydrogen-bond acceptors (Lipinski definition) is 4. The van der Waals surface area contributed by atoms with Crippen LogP contribution in [0.4, 0.5) is 0 Å². The number of ketones is 1. The molecule has 3 aliphatic carbocycles. The summed E-state index contributed by atoms with van der Waals surface area (Å²) >= 11 is 0. The lowest BCUT2D eigenvalue weighted by Crippen LogP contribution is -2.52. The molecule has 0 heterocycles. The number of rotatable bonds is 4. The van der Waals surface area contributed by atoms with Gasteiger partial charge in [-0.2, -0.15) is 0 Å². The lowest BCUT2D eigenvalue weighted by molar-refractivity contribution is -0.160. The van der Waals surface area contributed by atoms with Gasteiger partial charge in [0.25, 0.3) is 0 Å². The van der Waals surface area contributed by atoms with Crippen LogP contribution in [0.25, 0.3) is 0 Å². The summed E-state index contributed by atoms with van der Waals surface area (Å²) in [5.74, 6) is -0.400. The molecule has 0 unspecified atom stereocenters. The third kappa shape index (κ3) is 2.73. The summed E-state index contributed by atoms with van der Waals surface area (Å²) in [5.41, 5.74) is -0.0715. The second-order valence-electron chi connectivity index (χ2n) is 9.97. The first-order chi connectivity index (χ1) is 11.9. The molecule has 3 rings (SSSR count). The van der Waals surface area contributed by atoms with Crippen LogP contribution in [0, 0.1) is 16.7 Å². The number of esters is 1. The Bertz CT molecular complexity index is 653. The molecule has 0 aromatic heterocycles. The highest BCUT2D eigenvalue weighted by Crippen LogP contribution is 2.64. The van der Waals surface area contributed by atoms with E-state index in [0.29, 0.717) is 13.0 Å². The summed E-state index contributed by atoms with van der Waals surface area (Å²) in [6.45, 7) is 15.3. The van der Waals surface area contributed by atoms with E-state index in [1.165, 1.54) is 0 Å². The molecule has 146 valence electrons. The minimum atomic E-state index is -2.03. The molecular formula is C21H34O4Si. The van der Waals surface area contributed by atoms with E-state index >= 15 is 0 Å². The Morgan fingerprint density at radius 2 is 1.88 bits per heavy atom. The molecule has 0 saturated heterocycles. The molecule has 2 fully saturated rings. The maximum Gasteiger partial charge on any atom is 0.316 e. The van der Waals surface area contributed by atoms with Crippen LogP contribution in [0.2, 0.25) is 18.1 Å². The molecule has 0 radical (unpaired) electrons. The fourth-order valence-corrected chi connectivity index (χ4v) is 5.98. The van der Waals surface area contributed by atoms with Crippen molar-refractivity contribution in [1.29, 1.82) is 0 Å². The third-order valence-corrected chi connectivity index (χ3v) is 11.9. The summed E-state index contributed by atoms with van der Waals surface area (Å²) in [5, 5.41) is 0.0723. The van der Waals surface area contributed by atoms with Crippen molar-refractivity contribution in [1.82, 2.24) is 0 Å². The van der Waals surface area contributed by atoms with Crippen LogP contribution >= 0.6 is 0 Å². The fourth-order valence-electron chi connectivity index (χ4n) is 4.62. The van der Waals surface area contributed by atoms with Crippen molar-refractivity contribution in [3.05, 3.63) is 11.6 Å². The molecule has 0 bridgehead atoms. The van der Waals surface area contributed by atoms with E-state index in [4.69, 9.17) is 9.16 Å². The molecule has 5 heteroatoms. The van der Waals surface area contributed by atoms with Crippen LogP contribution in [-0.4, -0.2) is 32.8 Å². The Kier molecular flexibility index (Phi) is 4.59. The first kappa shape index (κ1) is 19.8. The van der Waals surface area contributed by atoms with Gasteiger partial charge in [-0.15, -0.1) is 0 Å². The quantitative estimate of drug-likeness (QED) is 0.406. The van der Waals surface area contributed by atoms with Crippen molar-refractivity contribution in [3.63, 3.8) is 0 Å². The second kappa shape index (κ2) is 6.03. The van der Waals surface area contributed by atoms with Crippen LogP contribution in [0.3, 0.4) is 0 Å². The summed E-state index contributed by atoms with van der Waals surface area (Å²) in [6, 6.07) is 0. The fraction of sp³-hybridized carbons (Fsp3) is 0.810. The highest BCUT2D eigenvalue weighted by atomic mass is 28.4. The summed E-state index contributed by atoms with van der Waals surface area (Å²) in [6.07, 6.45) is 5.14. The SMILES string of the molecule is CCOC(=O)[C@]12C=C(C)C3(CC3)C(=O)[C@H]1[C@H](O[Si](C)(C)C(C)(C)C)CC2. The van der Waals surface area contributed by atoms with Gasteiger partial charge < -0.3 is 9.16 Å². The summed E-state index contributed by atoms with van der Waals surface area (Å²) < 4.78 is 12.1. The molecule has 1 spiro atoms. The monoisotopic (exact) mass is 378 g/mol. The molecule has 0 aromatic carbocycles. The Morgan fingerprint density at radius 1 is 1.27 bits per heavy atom. The maximum absolute atomic E-state index is 13.5. The van der Waals surface area contributed by atoms with E-state index < -0.39 is 13.7 Å². The number of hydrogen-bond donors (Lipinski definition) is 0. The van der Waals surface area contributed by atoms with Gasteiger partial charge in [-0.25, -0.2) is 0 Å². The molecule has 0 N–H and O–H groups in total. The van der Waals surface area contributed by atoms with Crippen LogP contribution in [0.5, 0.6) is 0 Å². The smallest absolute Gasteiger partial charge is 0.316 e. The van der Waals surface area contributed by atoms with Gasteiger partial charge in [-0.05, 0) is 57.7 Å². The van der Waals surface area contributed by atoms with Crippen molar-refractivity contribution >= 4 is 20.1 Å². The van der Waals surface area contributed by atoms with Crippen LogP contribution < -0.4 is 0 Å². The lowest BCUT2D eigenvalue weighted by Gasteiger charge is -2.43. The van der Waals surface area contributed by atoms with Crippen LogP contribution in [0.1, 0.15) is 60.3 Å². The summed E-state index contributed by atoms with van der Waals surface area (Å²) in [7, 11) is -2.03. The Morgan fingerprint density at radius 3 is 2.38 bits per heavy atom. The zero-order valence-electron chi connectivity index (χ0n) is 17.4. The van der Waals surface area contributed by atoms with E-state index in [2.05, 4.69) is 39.9 Å². The average molecular weight is 379 g/mol. The third-order valence-electron chi connectivity index (χ3n) is 7.41. The van der Waals surface area contributed by atoms with Gasteiger partial charge in [0, 0.05) is 0 Å².